The van der Waals surface area contributed by atoms with E-state index in [0.29, 0.717) is 25.5 Å². The van der Waals surface area contributed by atoms with Gasteiger partial charge in [0.05, 0.1) is 12.7 Å². The second-order valence-electron chi connectivity index (χ2n) is 6.92. The molecular weight excluding hydrogens is 306 g/mol. The van der Waals surface area contributed by atoms with E-state index < -0.39 is 18.1 Å². The fourth-order valence-corrected chi connectivity index (χ4v) is 2.35. The summed E-state index contributed by atoms with van der Waals surface area (Å²) in [5.41, 5.74) is 0.810. The van der Waals surface area contributed by atoms with Gasteiger partial charge in [-0.2, -0.15) is 0 Å². The van der Waals surface area contributed by atoms with Crippen LogP contribution in [0.5, 0.6) is 5.75 Å². The highest BCUT2D eigenvalue weighted by atomic mass is 16.5. The van der Waals surface area contributed by atoms with Gasteiger partial charge in [-0.3, -0.25) is 4.79 Å². The van der Waals surface area contributed by atoms with Gasteiger partial charge in [-0.05, 0) is 48.9 Å². The van der Waals surface area contributed by atoms with E-state index in [1.54, 1.807) is 0 Å². The Hall–Kier alpha value is -1.59. The Morgan fingerprint density at radius 1 is 1.12 bits per heavy atom. The number of aliphatic carboxylic acids is 1. The van der Waals surface area contributed by atoms with E-state index in [2.05, 4.69) is 19.2 Å². The number of nitrogens with one attached hydrogen (secondary N) is 1. The third kappa shape index (κ3) is 7.32. The van der Waals surface area contributed by atoms with E-state index in [0.717, 1.165) is 17.7 Å². The molecule has 0 aliphatic rings. The predicted molar refractivity (Wildman–Crippen MR) is 95.2 cm³/mol. The van der Waals surface area contributed by atoms with Crippen LogP contribution >= 0.6 is 0 Å². The zero-order valence-corrected chi connectivity index (χ0v) is 15.2. The zero-order chi connectivity index (χ0) is 18.1. The summed E-state index contributed by atoms with van der Waals surface area (Å²) in [6.45, 7) is 9.18. The predicted octanol–water partition coefficient (Wildman–Crippen LogP) is 3.23. The summed E-state index contributed by atoms with van der Waals surface area (Å²) < 4.78 is 5.66. The fourth-order valence-electron chi connectivity index (χ4n) is 2.35. The van der Waals surface area contributed by atoms with Crippen molar-refractivity contribution in [2.75, 3.05) is 13.2 Å². The van der Waals surface area contributed by atoms with E-state index in [1.807, 2.05) is 38.1 Å². The van der Waals surface area contributed by atoms with E-state index in [1.165, 1.54) is 0 Å². The molecule has 0 fully saturated rings. The van der Waals surface area contributed by atoms with E-state index in [9.17, 15) is 9.90 Å². The lowest BCUT2D eigenvalue weighted by molar-refractivity contribution is -0.140. The van der Waals surface area contributed by atoms with Crippen molar-refractivity contribution in [3.8, 4) is 5.75 Å². The molecule has 0 aromatic heterocycles. The molecule has 1 unspecified atom stereocenters. The first-order valence-corrected chi connectivity index (χ1v) is 8.68. The molecule has 5 heteroatoms. The average molecular weight is 337 g/mol. The minimum absolute atomic E-state index is 0.00177. The SMILES string of the molecule is CC(C)CCOc1ccc(C(O)CCN[C@H](C(=O)O)C(C)C)cc1. The lowest BCUT2D eigenvalue weighted by Crippen LogP contribution is -2.41. The van der Waals surface area contributed by atoms with Crippen molar-refractivity contribution >= 4 is 5.97 Å². The molecule has 5 nitrogen and oxygen atoms in total. The maximum absolute atomic E-state index is 11.1. The first-order valence-electron chi connectivity index (χ1n) is 8.68. The van der Waals surface area contributed by atoms with E-state index in [-0.39, 0.29) is 5.92 Å². The number of carboxylic acids is 1. The number of ether oxygens (including phenoxy) is 1. The number of hydrogen-bond acceptors (Lipinski definition) is 4. The molecule has 1 aromatic rings. The number of hydrogen-bond donors (Lipinski definition) is 3. The van der Waals surface area contributed by atoms with Crippen molar-refractivity contribution < 1.29 is 19.7 Å². The van der Waals surface area contributed by atoms with Gasteiger partial charge in [-0.15, -0.1) is 0 Å². The molecule has 136 valence electrons. The van der Waals surface area contributed by atoms with Gasteiger partial charge in [0.15, 0.2) is 0 Å². The molecule has 0 heterocycles. The standard InChI is InChI=1S/C19H31NO4/c1-13(2)10-12-24-16-7-5-15(6-8-16)17(21)9-11-20-18(14(3)4)19(22)23/h5-8,13-14,17-18,20-21H,9-12H2,1-4H3,(H,22,23)/t17?,18-/m0/s1. The summed E-state index contributed by atoms with van der Waals surface area (Å²) in [7, 11) is 0. The summed E-state index contributed by atoms with van der Waals surface area (Å²) in [4.78, 5) is 11.1. The Morgan fingerprint density at radius 2 is 1.75 bits per heavy atom. The van der Waals surface area contributed by atoms with Gasteiger partial charge in [-0.1, -0.05) is 39.8 Å². The highest BCUT2D eigenvalue weighted by Crippen LogP contribution is 2.20. The molecule has 0 radical (unpaired) electrons. The summed E-state index contributed by atoms with van der Waals surface area (Å²) in [5.74, 6) is 0.554. The Kier molecular flexibility index (Phi) is 8.79. The van der Waals surface area contributed by atoms with Crippen LogP contribution in [-0.2, 0) is 4.79 Å². The Balaban J connectivity index is 2.42. The third-order valence-corrected chi connectivity index (χ3v) is 3.94. The van der Waals surface area contributed by atoms with Crippen LogP contribution in [0.25, 0.3) is 0 Å². The zero-order valence-electron chi connectivity index (χ0n) is 15.2. The molecule has 0 aliphatic heterocycles. The summed E-state index contributed by atoms with van der Waals surface area (Å²) in [6, 6.07) is 6.84. The number of carbonyl (C=O) groups is 1. The molecule has 0 aliphatic carbocycles. The molecule has 0 bridgehead atoms. The van der Waals surface area contributed by atoms with Crippen LogP contribution in [0, 0.1) is 11.8 Å². The number of carboxylic acid groups (broad SMARTS) is 1. The Bertz CT molecular complexity index is 485. The fraction of sp³-hybridized carbons (Fsp3) is 0.632. The van der Waals surface area contributed by atoms with Gasteiger partial charge in [-0.25, -0.2) is 0 Å². The molecule has 24 heavy (non-hydrogen) atoms. The quantitative estimate of drug-likeness (QED) is 0.578. The lowest BCUT2D eigenvalue weighted by atomic mass is 10.0. The monoisotopic (exact) mass is 337 g/mol. The van der Waals surface area contributed by atoms with Crippen LogP contribution in [0.4, 0.5) is 0 Å². The van der Waals surface area contributed by atoms with Crippen LogP contribution in [0.2, 0.25) is 0 Å². The van der Waals surface area contributed by atoms with Crippen LogP contribution in [0.3, 0.4) is 0 Å². The maximum atomic E-state index is 11.1. The Labute approximate surface area is 145 Å². The first-order chi connectivity index (χ1) is 11.3. The second kappa shape index (κ2) is 10.3. The van der Waals surface area contributed by atoms with Crippen LogP contribution < -0.4 is 10.1 Å². The van der Waals surface area contributed by atoms with Crippen molar-refractivity contribution in [3.05, 3.63) is 29.8 Å². The van der Waals surface area contributed by atoms with Crippen molar-refractivity contribution in [1.82, 2.24) is 5.32 Å². The van der Waals surface area contributed by atoms with Gasteiger partial charge in [0.1, 0.15) is 11.8 Å². The van der Waals surface area contributed by atoms with Gasteiger partial charge >= 0.3 is 5.97 Å². The minimum atomic E-state index is -0.859. The summed E-state index contributed by atoms with van der Waals surface area (Å²) in [6.07, 6.45) is 0.851. The molecule has 0 saturated carbocycles. The number of aliphatic hydroxyl groups excluding tert-OH is 1. The molecule has 1 rings (SSSR count). The number of rotatable bonds is 11. The molecule has 2 atom stereocenters. The molecule has 3 N–H and O–H groups in total. The second-order valence-corrected chi connectivity index (χ2v) is 6.92. The van der Waals surface area contributed by atoms with Crippen molar-refractivity contribution in [1.29, 1.82) is 0 Å². The van der Waals surface area contributed by atoms with Crippen molar-refractivity contribution in [2.45, 2.75) is 52.7 Å². The third-order valence-electron chi connectivity index (χ3n) is 3.94. The molecule has 1 aromatic carbocycles. The van der Waals surface area contributed by atoms with E-state index >= 15 is 0 Å². The van der Waals surface area contributed by atoms with Gasteiger partial charge in [0, 0.05) is 0 Å². The topological polar surface area (TPSA) is 78.8 Å². The maximum Gasteiger partial charge on any atom is 0.320 e. The van der Waals surface area contributed by atoms with Crippen LogP contribution in [-0.4, -0.2) is 35.4 Å². The van der Waals surface area contributed by atoms with Gasteiger partial charge in [0.25, 0.3) is 0 Å². The normalized spacial score (nSPS) is 14.0. The molecule has 0 saturated heterocycles. The molecule has 0 spiro atoms. The smallest absolute Gasteiger partial charge is 0.320 e. The average Bonchev–Trinajstić information content (AvgIpc) is 2.50. The summed E-state index contributed by atoms with van der Waals surface area (Å²) >= 11 is 0. The van der Waals surface area contributed by atoms with Gasteiger partial charge in [0.2, 0.25) is 0 Å². The highest BCUT2D eigenvalue weighted by Gasteiger charge is 2.20. The molecular formula is C19H31NO4. The Morgan fingerprint density at radius 3 is 2.25 bits per heavy atom. The van der Waals surface area contributed by atoms with Crippen LogP contribution in [0.1, 0.15) is 52.2 Å². The largest absolute Gasteiger partial charge is 0.494 e. The van der Waals surface area contributed by atoms with E-state index in [4.69, 9.17) is 9.84 Å². The lowest BCUT2D eigenvalue weighted by Gasteiger charge is -2.19. The highest BCUT2D eigenvalue weighted by molar-refractivity contribution is 5.73. The number of aliphatic hydroxyl groups is 1. The van der Waals surface area contributed by atoms with Gasteiger partial charge < -0.3 is 20.3 Å². The number of benzene rings is 1. The van der Waals surface area contributed by atoms with Crippen molar-refractivity contribution in [2.24, 2.45) is 11.8 Å². The van der Waals surface area contributed by atoms with Crippen LogP contribution in [0.15, 0.2) is 24.3 Å². The minimum Gasteiger partial charge on any atom is -0.494 e. The molecule has 0 amide bonds. The first kappa shape index (κ1) is 20.5. The summed E-state index contributed by atoms with van der Waals surface area (Å²) in [5, 5.41) is 22.3. The van der Waals surface area contributed by atoms with Crippen molar-refractivity contribution in [3.63, 3.8) is 0 Å².